The normalized spacial score (nSPS) is 13.9. The zero-order valence-corrected chi connectivity index (χ0v) is 19.3. The predicted octanol–water partition coefficient (Wildman–Crippen LogP) is 6.34. The number of fused-ring (bicyclic) bond motifs is 2. The van der Waals surface area contributed by atoms with Crippen molar-refractivity contribution in [1.82, 2.24) is 4.57 Å². The highest BCUT2D eigenvalue weighted by Crippen LogP contribution is 2.38. The van der Waals surface area contributed by atoms with E-state index in [9.17, 15) is 4.79 Å². The van der Waals surface area contributed by atoms with Gasteiger partial charge in [0, 0.05) is 40.8 Å². The molecule has 5 rings (SSSR count). The van der Waals surface area contributed by atoms with Crippen molar-refractivity contribution in [2.24, 2.45) is 7.05 Å². The first kappa shape index (κ1) is 21.2. The molecule has 0 aliphatic carbocycles. The molecule has 3 aromatic carbocycles. The molecule has 6 heteroatoms. The van der Waals surface area contributed by atoms with Crippen LogP contribution in [0, 0.1) is 6.92 Å². The Kier molecular flexibility index (Phi) is 5.35. The quantitative estimate of drug-likeness (QED) is 0.326. The Labute approximate surface area is 196 Å². The van der Waals surface area contributed by atoms with Gasteiger partial charge in [0.2, 0.25) is 5.78 Å². The molecule has 0 amide bonds. The molecule has 0 spiro atoms. The molecule has 0 N–H and O–H groups in total. The summed E-state index contributed by atoms with van der Waals surface area (Å²) < 4.78 is 19.3. The average molecular weight is 460 g/mol. The Morgan fingerprint density at radius 1 is 1.09 bits per heavy atom. The molecular weight excluding hydrogens is 438 g/mol. The molecule has 33 heavy (non-hydrogen) atoms. The highest BCUT2D eigenvalue weighted by Gasteiger charge is 2.30. The number of aromatic nitrogens is 1. The number of allylic oxidation sites excluding steroid dienone is 1. The molecule has 0 fully saturated rings. The third kappa shape index (κ3) is 3.96. The van der Waals surface area contributed by atoms with Gasteiger partial charge in [0.25, 0.3) is 0 Å². The molecule has 5 nitrogen and oxygen atoms in total. The smallest absolute Gasteiger partial charge is 0.232 e. The number of rotatable bonds is 5. The van der Waals surface area contributed by atoms with E-state index in [4.69, 9.17) is 25.8 Å². The van der Waals surface area contributed by atoms with E-state index in [-0.39, 0.29) is 11.5 Å². The number of methoxy groups -OCH3 is 1. The second-order valence-corrected chi connectivity index (χ2v) is 8.49. The van der Waals surface area contributed by atoms with E-state index in [1.165, 1.54) is 0 Å². The first-order valence-corrected chi connectivity index (χ1v) is 10.9. The summed E-state index contributed by atoms with van der Waals surface area (Å²) in [7, 11) is 3.61. The molecule has 0 bridgehead atoms. The maximum absolute atomic E-state index is 13.1. The number of hydrogen-bond acceptors (Lipinski definition) is 4. The SMILES string of the molecule is COc1ccc2c(c1)c(/C=C1\Oc3cc(OCc4cccc(Cl)c4)cc(C)c3C1=O)cn2C. The fourth-order valence-electron chi connectivity index (χ4n) is 4.14. The third-order valence-electron chi connectivity index (χ3n) is 5.75. The molecule has 0 unspecified atom stereocenters. The van der Waals surface area contributed by atoms with Crippen LogP contribution >= 0.6 is 11.6 Å². The highest BCUT2D eigenvalue weighted by atomic mass is 35.5. The van der Waals surface area contributed by atoms with Crippen molar-refractivity contribution < 1.29 is 19.0 Å². The van der Waals surface area contributed by atoms with Gasteiger partial charge in [-0.1, -0.05) is 23.7 Å². The summed E-state index contributed by atoms with van der Waals surface area (Å²) in [6.07, 6.45) is 3.76. The average Bonchev–Trinajstić information content (AvgIpc) is 3.28. The van der Waals surface area contributed by atoms with Crippen LogP contribution in [0.25, 0.3) is 17.0 Å². The standard InChI is InChI=1S/C27H22ClNO4/c1-16-9-21(32-15-17-5-4-6-19(28)10-17)13-24-26(16)27(30)25(33-24)11-18-14-29(2)23-8-7-20(31-3)12-22(18)23/h4-14H,15H2,1-3H3/b25-11-. The molecule has 0 saturated heterocycles. The number of ether oxygens (including phenoxy) is 3. The van der Waals surface area contributed by atoms with Crippen molar-refractivity contribution in [3.8, 4) is 17.2 Å². The Morgan fingerprint density at radius 2 is 1.94 bits per heavy atom. The first-order valence-electron chi connectivity index (χ1n) is 10.5. The van der Waals surface area contributed by atoms with Crippen LogP contribution in [0.3, 0.4) is 0 Å². The summed E-state index contributed by atoms with van der Waals surface area (Å²) in [5, 5.41) is 1.65. The second kappa shape index (κ2) is 8.34. The van der Waals surface area contributed by atoms with Crippen molar-refractivity contribution >= 4 is 34.4 Å². The van der Waals surface area contributed by atoms with Crippen molar-refractivity contribution in [3.05, 3.63) is 93.8 Å². The molecule has 166 valence electrons. The zero-order chi connectivity index (χ0) is 23.1. The Bertz CT molecular complexity index is 1430. The number of nitrogens with zero attached hydrogens (tertiary/aromatic N) is 1. The summed E-state index contributed by atoms with van der Waals surface area (Å²) in [5.74, 6) is 2.05. The number of benzene rings is 3. The first-order chi connectivity index (χ1) is 15.9. The number of carbonyl (C=O) groups is 1. The second-order valence-electron chi connectivity index (χ2n) is 8.05. The number of carbonyl (C=O) groups excluding carboxylic acids is 1. The summed E-state index contributed by atoms with van der Waals surface area (Å²) in [4.78, 5) is 13.1. The number of halogens is 1. The van der Waals surface area contributed by atoms with Crippen molar-refractivity contribution in [1.29, 1.82) is 0 Å². The van der Waals surface area contributed by atoms with Gasteiger partial charge < -0.3 is 18.8 Å². The van der Waals surface area contributed by atoms with E-state index >= 15 is 0 Å². The lowest BCUT2D eigenvalue weighted by molar-refractivity contribution is 0.101. The van der Waals surface area contributed by atoms with Gasteiger partial charge in [-0.15, -0.1) is 0 Å². The van der Waals surface area contributed by atoms with Crippen LogP contribution in [0.1, 0.15) is 27.0 Å². The van der Waals surface area contributed by atoms with Crippen LogP contribution in [-0.4, -0.2) is 17.5 Å². The lowest BCUT2D eigenvalue weighted by Gasteiger charge is -2.09. The molecule has 0 radical (unpaired) electrons. The van der Waals surface area contributed by atoms with Gasteiger partial charge in [0.15, 0.2) is 5.76 Å². The van der Waals surface area contributed by atoms with E-state index in [2.05, 4.69) is 0 Å². The number of aryl methyl sites for hydroxylation is 2. The van der Waals surface area contributed by atoms with Gasteiger partial charge in [0.1, 0.15) is 23.9 Å². The van der Waals surface area contributed by atoms with Crippen LogP contribution < -0.4 is 14.2 Å². The van der Waals surface area contributed by atoms with Crippen LogP contribution in [0.4, 0.5) is 0 Å². The van der Waals surface area contributed by atoms with Gasteiger partial charge in [-0.05, 0) is 60.5 Å². The summed E-state index contributed by atoms with van der Waals surface area (Å²) >= 11 is 6.05. The molecule has 1 aliphatic heterocycles. The van der Waals surface area contributed by atoms with Crippen LogP contribution in [0.5, 0.6) is 17.2 Å². The molecule has 0 saturated carbocycles. The van der Waals surface area contributed by atoms with E-state index < -0.39 is 0 Å². The van der Waals surface area contributed by atoms with Gasteiger partial charge in [-0.25, -0.2) is 0 Å². The van der Waals surface area contributed by atoms with Gasteiger partial charge in [0.05, 0.1) is 12.7 Å². The van der Waals surface area contributed by atoms with Gasteiger partial charge in [-0.3, -0.25) is 4.79 Å². The molecule has 1 aliphatic rings. The summed E-state index contributed by atoms with van der Waals surface area (Å²) in [5.41, 5.74) is 4.26. The third-order valence-corrected chi connectivity index (χ3v) is 5.99. The van der Waals surface area contributed by atoms with Crippen LogP contribution in [0.2, 0.25) is 5.02 Å². The largest absolute Gasteiger partial charge is 0.497 e. The Morgan fingerprint density at radius 3 is 2.73 bits per heavy atom. The molecule has 4 aromatic rings. The predicted molar refractivity (Wildman–Crippen MR) is 129 cm³/mol. The van der Waals surface area contributed by atoms with E-state index in [0.29, 0.717) is 28.7 Å². The zero-order valence-electron chi connectivity index (χ0n) is 18.5. The van der Waals surface area contributed by atoms with Crippen LogP contribution in [-0.2, 0) is 13.7 Å². The number of Topliss-reactive ketones (excluding diaryl/α,β-unsaturated/α-hetero) is 1. The maximum Gasteiger partial charge on any atom is 0.232 e. The van der Waals surface area contributed by atoms with E-state index in [1.54, 1.807) is 19.3 Å². The lowest BCUT2D eigenvalue weighted by atomic mass is 10.0. The number of hydrogen-bond donors (Lipinski definition) is 0. The highest BCUT2D eigenvalue weighted by molar-refractivity contribution is 6.30. The van der Waals surface area contributed by atoms with Crippen molar-refractivity contribution in [2.45, 2.75) is 13.5 Å². The number of ketones is 1. The van der Waals surface area contributed by atoms with Crippen molar-refractivity contribution in [3.63, 3.8) is 0 Å². The van der Waals surface area contributed by atoms with Crippen molar-refractivity contribution in [2.75, 3.05) is 7.11 Å². The molecular formula is C27H22ClNO4. The van der Waals surface area contributed by atoms with E-state index in [1.807, 2.05) is 73.3 Å². The fourth-order valence-corrected chi connectivity index (χ4v) is 4.35. The molecule has 1 aromatic heterocycles. The summed E-state index contributed by atoms with van der Waals surface area (Å²) in [6, 6.07) is 17.0. The maximum atomic E-state index is 13.1. The molecule has 0 atom stereocenters. The lowest BCUT2D eigenvalue weighted by Crippen LogP contribution is -2.00. The topological polar surface area (TPSA) is 49.7 Å². The minimum absolute atomic E-state index is 0.135. The molecule has 2 heterocycles. The Hall–Kier alpha value is -3.70. The minimum atomic E-state index is -0.135. The minimum Gasteiger partial charge on any atom is -0.497 e. The van der Waals surface area contributed by atoms with Gasteiger partial charge >= 0.3 is 0 Å². The monoisotopic (exact) mass is 459 g/mol. The van der Waals surface area contributed by atoms with E-state index in [0.717, 1.165) is 33.3 Å². The van der Waals surface area contributed by atoms with Crippen LogP contribution in [0.15, 0.2) is 66.6 Å². The fraction of sp³-hybridized carbons (Fsp3) is 0.148. The summed E-state index contributed by atoms with van der Waals surface area (Å²) in [6.45, 7) is 2.26. The van der Waals surface area contributed by atoms with Gasteiger partial charge in [-0.2, -0.15) is 0 Å². The Balaban J connectivity index is 1.44.